The second-order valence-corrected chi connectivity index (χ2v) is 4.46. The molecule has 0 spiro atoms. The van der Waals surface area contributed by atoms with Gasteiger partial charge in [0.15, 0.2) is 0 Å². The third-order valence-corrected chi connectivity index (χ3v) is 2.38. The van der Waals surface area contributed by atoms with Gasteiger partial charge in [0.1, 0.15) is 0 Å². The number of rotatable bonds is 2. The standard InChI is InChI=1S/2C2F5O2S.Ru/c2*3-1(4,5)2(6,7)10(8)9;/q2*-1;+2. The summed E-state index contributed by atoms with van der Waals surface area (Å²) < 4.78 is 148. The Balaban J connectivity index is -0.000000295. The van der Waals surface area contributed by atoms with E-state index in [0.29, 0.717) is 0 Å². The summed E-state index contributed by atoms with van der Waals surface area (Å²) in [6.45, 7) is 0. The third kappa shape index (κ3) is 7.08. The Bertz CT molecular complexity index is 414. The topological polar surface area (TPSA) is 68.3 Å². The van der Waals surface area contributed by atoms with Crippen LogP contribution in [0.5, 0.6) is 0 Å². The maximum atomic E-state index is 11.3. The molecule has 17 heteroatoms. The van der Waals surface area contributed by atoms with Crippen molar-refractivity contribution >= 4 is 21.4 Å². The largest absolute Gasteiger partial charge is 2.00 e. The van der Waals surface area contributed by atoms with Crippen LogP contribution in [0.25, 0.3) is 0 Å². The molecule has 0 aromatic heterocycles. The van der Waals surface area contributed by atoms with Gasteiger partial charge in [-0.05, 0) is 0 Å². The van der Waals surface area contributed by atoms with Crippen molar-refractivity contribution in [2.45, 2.75) is 22.9 Å². The Morgan fingerprint density at radius 1 is 0.476 bits per heavy atom. The van der Waals surface area contributed by atoms with E-state index < -0.39 is 44.3 Å². The maximum absolute atomic E-state index is 11.3. The molecule has 0 aromatic carbocycles. The van der Waals surface area contributed by atoms with Crippen molar-refractivity contribution in [3.8, 4) is 0 Å². The molecule has 0 fully saturated rings. The van der Waals surface area contributed by atoms with E-state index in [1.165, 1.54) is 0 Å². The Hall–Kier alpha value is -0.177. The quantitative estimate of drug-likeness (QED) is 0.356. The molecule has 0 aliphatic carbocycles. The minimum atomic E-state index is -6.03. The van der Waals surface area contributed by atoms with Crippen molar-refractivity contribution in [1.82, 2.24) is 0 Å². The average Bonchev–Trinajstić information content (AvgIpc) is 2.14. The average molecular weight is 467 g/mol. The van der Waals surface area contributed by atoms with Crippen molar-refractivity contribution in [1.29, 1.82) is 0 Å². The number of hydrogen-bond donors (Lipinski definition) is 0. The second kappa shape index (κ2) is 7.90. The fourth-order valence-corrected chi connectivity index (χ4v) is 0.567. The summed E-state index contributed by atoms with van der Waals surface area (Å²) in [5, 5.41) is -11.3. The summed E-state index contributed by atoms with van der Waals surface area (Å²) >= 11 is 0. The molecule has 0 atom stereocenters. The summed E-state index contributed by atoms with van der Waals surface area (Å²) in [6, 6.07) is 0. The van der Waals surface area contributed by atoms with Crippen LogP contribution in [0.2, 0.25) is 0 Å². The molecule has 0 N–H and O–H groups in total. The van der Waals surface area contributed by atoms with Crippen LogP contribution < -0.4 is 0 Å². The van der Waals surface area contributed by atoms with Gasteiger partial charge >= 0.3 is 42.3 Å². The van der Waals surface area contributed by atoms with E-state index in [4.69, 9.17) is 0 Å². The zero-order chi connectivity index (χ0) is 17.2. The first-order chi connectivity index (χ1) is 8.39. The fraction of sp³-hybridized carbons (Fsp3) is 1.00. The predicted molar refractivity (Wildman–Crippen MR) is 39.5 cm³/mol. The van der Waals surface area contributed by atoms with Gasteiger partial charge in [-0.2, -0.15) is 26.3 Å². The minimum absolute atomic E-state index is 0. The van der Waals surface area contributed by atoms with Crippen molar-refractivity contribution in [2.24, 2.45) is 0 Å². The molecule has 0 aliphatic rings. The molecule has 0 unspecified atom stereocenters. The Morgan fingerprint density at radius 3 is 0.619 bits per heavy atom. The summed E-state index contributed by atoms with van der Waals surface area (Å²) in [5.41, 5.74) is 0. The van der Waals surface area contributed by atoms with Crippen molar-refractivity contribution in [3.05, 3.63) is 0 Å². The molecule has 0 amide bonds. The molecule has 0 bridgehead atoms. The van der Waals surface area contributed by atoms with Crippen LogP contribution in [0.4, 0.5) is 43.9 Å². The minimum Gasteiger partial charge on any atom is -0.418 e. The van der Waals surface area contributed by atoms with E-state index in [1.807, 2.05) is 0 Å². The van der Waals surface area contributed by atoms with Crippen LogP contribution >= 0.6 is 0 Å². The third-order valence-electron chi connectivity index (χ3n) is 1.08. The van der Waals surface area contributed by atoms with Crippen LogP contribution in [0.15, 0.2) is 0 Å². The molecule has 130 valence electrons. The number of halogens is 10. The van der Waals surface area contributed by atoms with Crippen molar-refractivity contribution in [2.75, 3.05) is 0 Å². The Kier molecular flexibility index (Phi) is 9.69. The van der Waals surface area contributed by atoms with E-state index in [-0.39, 0.29) is 19.5 Å². The van der Waals surface area contributed by atoms with Crippen LogP contribution in [-0.4, -0.2) is 22.9 Å². The zero-order valence-electron chi connectivity index (χ0n) is 8.58. The summed E-state index contributed by atoms with van der Waals surface area (Å²) in [4.78, 5) is 0. The first kappa shape index (κ1) is 25.8. The number of alkyl halides is 10. The second-order valence-electron chi connectivity index (χ2n) is 2.50. The Labute approximate surface area is 125 Å². The van der Waals surface area contributed by atoms with Crippen molar-refractivity contribution in [3.63, 3.8) is 0 Å². The molecule has 0 radical (unpaired) electrons. The number of hydrogen-bond acceptors (Lipinski definition) is 6. The molecule has 21 heavy (non-hydrogen) atoms. The SMILES string of the molecule is O=[S-](=O)C(F)(F)C(F)(F)F.O=[S-](=O)C(F)(F)C(F)(F)F.[Ru+2]. The fourth-order valence-electron chi connectivity index (χ4n) is 0.189. The molecule has 0 saturated heterocycles. The van der Waals surface area contributed by atoms with E-state index in [9.17, 15) is 60.7 Å². The van der Waals surface area contributed by atoms with E-state index in [0.717, 1.165) is 0 Å². The molecule has 0 saturated carbocycles. The van der Waals surface area contributed by atoms with Gasteiger partial charge in [0, 0.05) is 21.4 Å². The molecular formula is C4F10O4RuS2. The summed E-state index contributed by atoms with van der Waals surface area (Å²) in [7, 11) is -8.91. The zero-order valence-corrected chi connectivity index (χ0v) is 12.0. The van der Waals surface area contributed by atoms with Gasteiger partial charge in [-0.25, -0.2) is 17.6 Å². The first-order valence-electron chi connectivity index (χ1n) is 3.46. The van der Waals surface area contributed by atoms with Crippen LogP contribution in [0.1, 0.15) is 0 Å². The smallest absolute Gasteiger partial charge is 0.418 e. The predicted octanol–water partition coefficient (Wildman–Crippen LogP) is 2.90. The van der Waals surface area contributed by atoms with Gasteiger partial charge in [-0.15, -0.1) is 0 Å². The van der Waals surface area contributed by atoms with E-state index in [1.54, 1.807) is 0 Å². The summed E-state index contributed by atoms with van der Waals surface area (Å²) in [6.07, 6.45) is -12.1. The first-order valence-corrected chi connectivity index (χ1v) is 5.61. The van der Waals surface area contributed by atoms with Crippen LogP contribution in [0.3, 0.4) is 0 Å². The molecule has 0 aromatic rings. The van der Waals surface area contributed by atoms with Gasteiger partial charge in [0.25, 0.3) is 0 Å². The summed E-state index contributed by atoms with van der Waals surface area (Å²) in [5.74, 6) is 0. The molecular weight excluding hydrogens is 467 g/mol. The van der Waals surface area contributed by atoms with E-state index in [2.05, 4.69) is 0 Å². The molecule has 0 rings (SSSR count). The molecule has 0 aliphatic heterocycles. The Morgan fingerprint density at radius 2 is 0.619 bits per heavy atom. The molecule has 4 nitrogen and oxygen atoms in total. The molecule has 0 heterocycles. The monoisotopic (exact) mass is 468 g/mol. The van der Waals surface area contributed by atoms with Crippen LogP contribution in [0, 0.1) is 0 Å². The van der Waals surface area contributed by atoms with Gasteiger partial charge in [0.2, 0.25) is 0 Å². The van der Waals surface area contributed by atoms with Crippen LogP contribution in [-0.2, 0) is 57.7 Å². The van der Waals surface area contributed by atoms with Gasteiger partial charge in [-0.3, -0.25) is 0 Å². The van der Waals surface area contributed by atoms with Gasteiger partial charge in [0.05, 0.1) is 0 Å². The van der Waals surface area contributed by atoms with Gasteiger partial charge in [-0.1, -0.05) is 0 Å². The van der Waals surface area contributed by atoms with Crippen molar-refractivity contribution < 1.29 is 80.2 Å². The van der Waals surface area contributed by atoms with E-state index >= 15 is 0 Å². The normalized spacial score (nSPS) is 13.5. The van der Waals surface area contributed by atoms with Gasteiger partial charge < -0.3 is 16.8 Å². The maximum Gasteiger partial charge on any atom is 2.00 e.